The molecule has 0 aliphatic rings. The van der Waals surface area contributed by atoms with Gasteiger partial charge in [-0.3, -0.25) is 0 Å². The van der Waals surface area contributed by atoms with Crippen LogP contribution in [0.3, 0.4) is 0 Å². The maximum Gasteiger partial charge on any atom is 0.331 e. The molecule has 0 rings (SSSR count). The monoisotopic (exact) mass is 638 g/mol. The molecule has 0 aromatic heterocycles. The van der Waals surface area contributed by atoms with E-state index < -0.39 is 67.5 Å². The Balaban J connectivity index is 5.69. The van der Waals surface area contributed by atoms with Crippen molar-refractivity contribution in [1.29, 1.82) is 0 Å². The van der Waals surface area contributed by atoms with Crippen molar-refractivity contribution < 1.29 is 31.5 Å². The molecule has 0 bridgehead atoms. The summed E-state index contributed by atoms with van der Waals surface area (Å²) in [6.45, 7) is 13.3. The zero-order valence-electron chi connectivity index (χ0n) is 22.9. The van der Waals surface area contributed by atoms with Crippen LogP contribution in [0.25, 0.3) is 0 Å². The van der Waals surface area contributed by atoms with Gasteiger partial charge in [0.1, 0.15) is 0 Å². The summed E-state index contributed by atoms with van der Waals surface area (Å²) in [6, 6.07) is 1.74. The maximum atomic E-state index is 12.2. The average molecular weight is 639 g/mol. The van der Waals surface area contributed by atoms with E-state index in [0.29, 0.717) is 13.1 Å². The summed E-state index contributed by atoms with van der Waals surface area (Å²) in [5, 5.41) is 6.59. The van der Waals surface area contributed by atoms with Crippen molar-refractivity contribution >= 4 is 67.5 Å². The van der Waals surface area contributed by atoms with Crippen LogP contribution in [0.4, 0.5) is 0 Å². The van der Waals surface area contributed by atoms with Crippen LogP contribution in [0.5, 0.6) is 0 Å². The van der Waals surface area contributed by atoms with Crippen LogP contribution in [0.1, 0.15) is 12.8 Å². The van der Waals surface area contributed by atoms with Gasteiger partial charge < -0.3 is 53.6 Å². The summed E-state index contributed by atoms with van der Waals surface area (Å²) in [5.41, 5.74) is 11.1. The molecular weight excluding hydrogens is 585 g/mol. The van der Waals surface area contributed by atoms with E-state index in [1.807, 2.05) is 13.1 Å². The minimum absolute atomic E-state index is 0.571. The SMILES string of the molecule is C[Si](C)(CCCNCCN)O[Si](C)(C)O[Si](O[SiH2]O)([SiH2]O)[Si](O)([SiH2]O)[Si](C)(C)CCCNCCN. The molecule has 0 spiro atoms. The predicted molar refractivity (Wildman–Crippen MR) is 164 cm³/mol. The van der Waals surface area contributed by atoms with Gasteiger partial charge in [-0.25, -0.2) is 0 Å². The minimum atomic E-state index is -3.55. The molecule has 2 unspecified atom stereocenters. The zero-order chi connectivity index (χ0) is 27.2. The van der Waals surface area contributed by atoms with Crippen LogP contribution in [0, 0.1) is 0 Å². The molecule has 19 heteroatoms. The number of nitrogens with one attached hydrogen (secondary N) is 2. The highest BCUT2D eigenvalue weighted by atomic mass is 30.0. The number of hydrogen-bond acceptors (Lipinski definition) is 11. The third-order valence-electron chi connectivity index (χ3n) is 6.35. The van der Waals surface area contributed by atoms with Crippen LogP contribution in [-0.4, -0.2) is 126 Å². The van der Waals surface area contributed by atoms with Crippen LogP contribution >= 0.6 is 0 Å². The number of hydrogen-bond donors (Lipinski definition) is 8. The predicted octanol–water partition coefficient (Wildman–Crippen LogP) is -3.80. The largest absolute Gasteiger partial charge is 0.439 e. The third-order valence-corrected chi connectivity index (χ3v) is 83.1. The van der Waals surface area contributed by atoms with E-state index in [2.05, 4.69) is 36.8 Å². The summed E-state index contributed by atoms with van der Waals surface area (Å²) in [4.78, 5) is 43.6. The van der Waals surface area contributed by atoms with Gasteiger partial charge in [-0.2, -0.15) is 0 Å². The molecule has 11 nitrogen and oxygen atoms in total. The van der Waals surface area contributed by atoms with Crippen molar-refractivity contribution in [3.05, 3.63) is 0 Å². The molecule has 0 aliphatic carbocycles. The van der Waals surface area contributed by atoms with Gasteiger partial charge in [0.25, 0.3) is 10.0 Å². The number of rotatable bonds is 22. The summed E-state index contributed by atoms with van der Waals surface area (Å²) in [5.74, 6) is 0. The smallest absolute Gasteiger partial charge is 0.331 e. The van der Waals surface area contributed by atoms with E-state index in [-0.39, 0.29) is 0 Å². The van der Waals surface area contributed by atoms with E-state index in [1.165, 1.54) is 0 Å². The maximum absolute atomic E-state index is 12.2. The minimum Gasteiger partial charge on any atom is -0.439 e. The highest BCUT2D eigenvalue weighted by Crippen LogP contribution is 2.33. The highest BCUT2D eigenvalue weighted by Gasteiger charge is 2.68. The molecule has 0 fully saturated rings. The molecule has 0 aromatic rings. The molecule has 0 aromatic carbocycles. The Morgan fingerprint density at radius 3 is 1.69 bits per heavy atom. The first-order valence-electron chi connectivity index (χ1n) is 12.6. The average Bonchev–Trinajstić information content (AvgIpc) is 2.76. The molecular formula is C16H54N4O7Si8. The quantitative estimate of drug-likeness (QED) is 0.0430. The van der Waals surface area contributed by atoms with E-state index in [4.69, 9.17) is 23.8 Å². The second kappa shape index (κ2) is 17.1. The fourth-order valence-corrected chi connectivity index (χ4v) is 91.2. The van der Waals surface area contributed by atoms with Crippen LogP contribution in [0.15, 0.2) is 0 Å². The van der Waals surface area contributed by atoms with E-state index in [0.717, 1.165) is 51.1 Å². The van der Waals surface area contributed by atoms with Crippen molar-refractivity contribution in [2.75, 3.05) is 39.3 Å². The van der Waals surface area contributed by atoms with Crippen LogP contribution in [0.2, 0.25) is 51.4 Å². The molecule has 10 N–H and O–H groups in total. The second-order valence-corrected chi connectivity index (χ2v) is 55.7. The molecule has 212 valence electrons. The van der Waals surface area contributed by atoms with Crippen molar-refractivity contribution in [1.82, 2.24) is 10.6 Å². The molecule has 0 saturated carbocycles. The molecule has 35 heavy (non-hydrogen) atoms. The van der Waals surface area contributed by atoms with Crippen LogP contribution in [-0.2, 0) is 12.3 Å². The summed E-state index contributed by atoms with van der Waals surface area (Å²) in [7, 11) is -16.7. The highest BCUT2D eigenvalue weighted by molar-refractivity contribution is 7.86. The third kappa shape index (κ3) is 11.9. The second-order valence-electron chi connectivity index (χ2n) is 10.7. The van der Waals surface area contributed by atoms with Gasteiger partial charge in [0.05, 0.1) is 7.59 Å². The van der Waals surface area contributed by atoms with Crippen molar-refractivity contribution in [2.24, 2.45) is 11.5 Å². The Hall–Kier alpha value is 1.30. The van der Waals surface area contributed by atoms with E-state index in [9.17, 15) is 19.2 Å². The molecule has 0 aliphatic heterocycles. The normalized spacial score (nSPS) is 17.8. The summed E-state index contributed by atoms with van der Waals surface area (Å²) in [6.07, 6.45) is 1.83. The topological polar surface area (TPSA) is 185 Å². The van der Waals surface area contributed by atoms with Gasteiger partial charge in [-0.05, 0) is 58.2 Å². The molecule has 0 heterocycles. The Labute approximate surface area is 224 Å². The van der Waals surface area contributed by atoms with Crippen LogP contribution < -0.4 is 22.1 Å². The first-order valence-corrected chi connectivity index (χ1v) is 34.7. The fourth-order valence-electron chi connectivity index (χ4n) is 4.49. The molecule has 0 amide bonds. The fraction of sp³-hybridized carbons (Fsp3) is 1.00. The molecule has 2 atom stereocenters. The lowest BCUT2D eigenvalue weighted by Gasteiger charge is -2.50. The summed E-state index contributed by atoms with van der Waals surface area (Å²) >= 11 is 0. The lowest BCUT2D eigenvalue weighted by atomic mass is 10.5. The van der Waals surface area contributed by atoms with E-state index >= 15 is 0 Å². The standard InChI is InChI=1S/C16H54N4O7Si8/c1-31(2,15-7-11-19-13-9-17)26-33(5,6)27-35(30-23,25-28-21)34(24,29-22)32(3,4)16-8-12-20-14-10-18/h19-24H,7-18,28-30H2,1-6H3. The Kier molecular flexibility index (Phi) is 17.7. The first kappa shape index (κ1) is 36.3. The van der Waals surface area contributed by atoms with Gasteiger partial charge in [0, 0.05) is 26.2 Å². The lowest BCUT2D eigenvalue weighted by Crippen LogP contribution is -2.86. The lowest BCUT2D eigenvalue weighted by molar-refractivity contribution is 0.328. The first-order chi connectivity index (χ1) is 16.2. The van der Waals surface area contributed by atoms with Gasteiger partial charge in [-0.15, -0.1) is 0 Å². The van der Waals surface area contributed by atoms with Gasteiger partial charge in [0.15, 0.2) is 17.6 Å². The molecule has 0 saturated heterocycles. The van der Waals surface area contributed by atoms with Gasteiger partial charge in [-0.1, -0.05) is 19.1 Å². The van der Waals surface area contributed by atoms with E-state index in [1.54, 1.807) is 0 Å². The molecule has 0 radical (unpaired) electrons. The van der Waals surface area contributed by atoms with Crippen molar-refractivity contribution in [3.8, 4) is 0 Å². The zero-order valence-corrected chi connectivity index (χ0v) is 32.1. The Morgan fingerprint density at radius 1 is 0.743 bits per heavy atom. The summed E-state index contributed by atoms with van der Waals surface area (Å²) < 4.78 is 19.4. The van der Waals surface area contributed by atoms with Crippen molar-refractivity contribution in [2.45, 2.75) is 64.2 Å². The Morgan fingerprint density at radius 2 is 1.26 bits per heavy atom. The number of nitrogens with two attached hydrogens (primary N) is 2. The Bertz CT molecular complexity index is 588. The van der Waals surface area contributed by atoms with Crippen molar-refractivity contribution in [3.63, 3.8) is 0 Å². The van der Waals surface area contributed by atoms with Gasteiger partial charge in [0.2, 0.25) is 16.2 Å². The van der Waals surface area contributed by atoms with Gasteiger partial charge >= 0.3 is 16.2 Å².